The molecule has 0 N–H and O–H groups in total. The van der Waals surface area contributed by atoms with Crippen LogP contribution in [0.3, 0.4) is 0 Å². The van der Waals surface area contributed by atoms with Gasteiger partial charge < -0.3 is 14.2 Å². The summed E-state index contributed by atoms with van der Waals surface area (Å²) >= 11 is 5.73. The van der Waals surface area contributed by atoms with Crippen LogP contribution < -0.4 is 4.74 Å². The van der Waals surface area contributed by atoms with E-state index in [4.69, 9.17) is 21.1 Å². The number of carbonyl (C=O) groups is 1. The van der Waals surface area contributed by atoms with Crippen LogP contribution in [0.25, 0.3) is 0 Å². The topological polar surface area (TPSA) is 44.8 Å². The fraction of sp³-hybridized carbons (Fsp3) is 0.462. The van der Waals surface area contributed by atoms with Gasteiger partial charge in [-0.2, -0.15) is 0 Å². The van der Waals surface area contributed by atoms with E-state index in [1.165, 1.54) is 7.11 Å². The molecule has 1 rings (SSSR count). The van der Waals surface area contributed by atoms with Crippen LogP contribution in [-0.2, 0) is 20.9 Å². The maximum absolute atomic E-state index is 11.1. The second-order valence-electron chi connectivity index (χ2n) is 3.72. The van der Waals surface area contributed by atoms with Crippen molar-refractivity contribution in [2.24, 2.45) is 0 Å². The number of methoxy groups -OCH3 is 2. The smallest absolute Gasteiger partial charge is 0.308 e. The van der Waals surface area contributed by atoms with Crippen molar-refractivity contribution in [2.75, 3.05) is 20.1 Å². The van der Waals surface area contributed by atoms with E-state index in [9.17, 15) is 4.79 Å². The summed E-state index contributed by atoms with van der Waals surface area (Å²) in [6.07, 6.45) is -0.169. The van der Waals surface area contributed by atoms with Crippen molar-refractivity contribution in [1.82, 2.24) is 0 Å². The quantitative estimate of drug-likeness (QED) is 0.565. The highest BCUT2D eigenvalue weighted by atomic mass is 35.5. The van der Waals surface area contributed by atoms with E-state index in [2.05, 4.69) is 4.74 Å². The molecule has 1 aromatic carbocycles. The van der Waals surface area contributed by atoms with Gasteiger partial charge in [0.1, 0.15) is 5.75 Å². The fourth-order valence-corrected chi connectivity index (χ4v) is 1.56. The molecule has 0 unspecified atom stereocenters. The molecule has 0 aliphatic carbocycles. The number of alkyl halides is 1. The molecule has 0 heterocycles. The Morgan fingerprint density at radius 3 is 2.44 bits per heavy atom. The molecule has 18 heavy (non-hydrogen) atoms. The lowest BCUT2D eigenvalue weighted by Gasteiger charge is -2.14. The molecule has 0 aromatic heterocycles. The lowest BCUT2D eigenvalue weighted by atomic mass is 10.2. The number of benzene rings is 1. The summed E-state index contributed by atoms with van der Waals surface area (Å²) in [4.78, 5) is 11.1. The minimum absolute atomic E-state index is 0.163. The Morgan fingerprint density at radius 2 is 1.94 bits per heavy atom. The first-order valence-electron chi connectivity index (χ1n) is 5.57. The largest absolute Gasteiger partial charge is 0.497 e. The number of halogens is 1. The van der Waals surface area contributed by atoms with Gasteiger partial charge in [0, 0.05) is 5.88 Å². The summed E-state index contributed by atoms with van der Waals surface area (Å²) in [5.41, 5.74) is 0.996. The fourth-order valence-electron chi connectivity index (χ4n) is 1.36. The third-order valence-electron chi connectivity index (χ3n) is 2.44. The van der Waals surface area contributed by atoms with E-state index in [1.807, 2.05) is 24.3 Å². The highest BCUT2D eigenvalue weighted by Gasteiger charge is 2.13. The number of hydrogen-bond acceptors (Lipinski definition) is 4. The SMILES string of the molecule is COC(=O)C[C@H](CCl)OCc1ccc(OC)cc1. The number of carbonyl (C=O) groups excluding carboxylic acids is 1. The van der Waals surface area contributed by atoms with Crippen molar-refractivity contribution in [3.63, 3.8) is 0 Å². The molecule has 0 amide bonds. The van der Waals surface area contributed by atoms with Gasteiger partial charge in [0.2, 0.25) is 0 Å². The molecule has 5 heteroatoms. The zero-order valence-corrected chi connectivity index (χ0v) is 11.3. The first-order valence-corrected chi connectivity index (χ1v) is 6.10. The molecular weight excluding hydrogens is 256 g/mol. The van der Waals surface area contributed by atoms with Crippen LogP contribution in [-0.4, -0.2) is 32.2 Å². The molecule has 0 aliphatic rings. The average Bonchev–Trinajstić information content (AvgIpc) is 2.43. The molecule has 0 radical (unpaired) electrons. The first-order chi connectivity index (χ1) is 8.69. The number of esters is 1. The summed E-state index contributed by atoms with van der Waals surface area (Å²) in [5, 5.41) is 0. The van der Waals surface area contributed by atoms with Crippen LogP contribution in [0.1, 0.15) is 12.0 Å². The molecule has 0 saturated heterocycles. The maximum Gasteiger partial charge on any atom is 0.308 e. The van der Waals surface area contributed by atoms with Gasteiger partial charge in [0.25, 0.3) is 0 Å². The predicted molar refractivity (Wildman–Crippen MR) is 68.9 cm³/mol. The van der Waals surface area contributed by atoms with E-state index in [0.29, 0.717) is 6.61 Å². The van der Waals surface area contributed by atoms with Crippen LogP contribution in [0.5, 0.6) is 5.75 Å². The monoisotopic (exact) mass is 272 g/mol. The van der Waals surface area contributed by atoms with Crippen LogP contribution in [0.2, 0.25) is 0 Å². The van der Waals surface area contributed by atoms with Gasteiger partial charge in [-0.3, -0.25) is 4.79 Å². The van der Waals surface area contributed by atoms with Gasteiger partial charge in [-0.05, 0) is 17.7 Å². The summed E-state index contributed by atoms with van der Waals surface area (Å²) < 4.78 is 15.2. The van der Waals surface area contributed by atoms with Gasteiger partial charge >= 0.3 is 5.97 Å². The van der Waals surface area contributed by atoms with Crippen LogP contribution in [0.15, 0.2) is 24.3 Å². The van der Waals surface area contributed by atoms with Crippen LogP contribution in [0, 0.1) is 0 Å². The van der Waals surface area contributed by atoms with Gasteiger partial charge in [-0.1, -0.05) is 12.1 Å². The lowest BCUT2D eigenvalue weighted by molar-refractivity contribution is -0.143. The molecule has 0 aliphatic heterocycles. The summed E-state index contributed by atoms with van der Waals surface area (Å²) in [6.45, 7) is 0.401. The molecule has 0 fully saturated rings. The highest BCUT2D eigenvalue weighted by molar-refractivity contribution is 6.18. The molecule has 0 bridgehead atoms. The Labute approximate surface area is 112 Å². The van der Waals surface area contributed by atoms with Gasteiger partial charge in [-0.25, -0.2) is 0 Å². The highest BCUT2D eigenvalue weighted by Crippen LogP contribution is 2.13. The lowest BCUT2D eigenvalue weighted by Crippen LogP contribution is -2.20. The third kappa shape index (κ3) is 4.94. The normalized spacial score (nSPS) is 11.9. The molecule has 1 aromatic rings. The molecule has 0 spiro atoms. The van der Waals surface area contributed by atoms with Gasteiger partial charge in [0.05, 0.1) is 33.4 Å². The first kappa shape index (κ1) is 14.8. The second kappa shape index (κ2) is 7.95. The van der Waals surface area contributed by atoms with Crippen LogP contribution in [0.4, 0.5) is 0 Å². The Balaban J connectivity index is 2.43. The Bertz CT molecular complexity index is 364. The van der Waals surface area contributed by atoms with E-state index in [1.54, 1.807) is 7.11 Å². The third-order valence-corrected chi connectivity index (χ3v) is 2.78. The summed E-state index contributed by atoms with van der Waals surface area (Å²) in [7, 11) is 2.96. The summed E-state index contributed by atoms with van der Waals surface area (Å²) in [6, 6.07) is 7.52. The summed E-state index contributed by atoms with van der Waals surface area (Å²) in [5.74, 6) is 0.725. The zero-order valence-electron chi connectivity index (χ0n) is 10.5. The molecule has 4 nitrogen and oxygen atoms in total. The van der Waals surface area contributed by atoms with Crippen molar-refractivity contribution in [1.29, 1.82) is 0 Å². The Morgan fingerprint density at radius 1 is 1.28 bits per heavy atom. The predicted octanol–water partition coefficient (Wildman–Crippen LogP) is 2.38. The molecule has 1 atom stereocenters. The minimum atomic E-state index is -0.332. The average molecular weight is 273 g/mol. The van der Waals surface area contributed by atoms with E-state index in [-0.39, 0.29) is 24.4 Å². The van der Waals surface area contributed by atoms with Gasteiger partial charge in [0.15, 0.2) is 0 Å². The molecular formula is C13H17ClO4. The number of rotatable bonds is 7. The van der Waals surface area contributed by atoms with E-state index < -0.39 is 0 Å². The molecule has 0 saturated carbocycles. The maximum atomic E-state index is 11.1. The van der Waals surface area contributed by atoms with Gasteiger partial charge in [-0.15, -0.1) is 11.6 Å². The van der Waals surface area contributed by atoms with E-state index in [0.717, 1.165) is 11.3 Å². The van der Waals surface area contributed by atoms with Crippen LogP contribution >= 0.6 is 11.6 Å². The minimum Gasteiger partial charge on any atom is -0.497 e. The van der Waals surface area contributed by atoms with Crippen molar-refractivity contribution >= 4 is 17.6 Å². The number of hydrogen-bond donors (Lipinski definition) is 0. The van der Waals surface area contributed by atoms with Crippen molar-refractivity contribution in [3.8, 4) is 5.75 Å². The molecule has 100 valence electrons. The zero-order chi connectivity index (χ0) is 13.4. The Hall–Kier alpha value is -1.26. The van der Waals surface area contributed by atoms with E-state index >= 15 is 0 Å². The Kier molecular flexibility index (Phi) is 6.54. The van der Waals surface area contributed by atoms with Crippen molar-refractivity contribution in [3.05, 3.63) is 29.8 Å². The number of ether oxygens (including phenoxy) is 3. The van der Waals surface area contributed by atoms with Crippen molar-refractivity contribution < 1.29 is 19.0 Å². The van der Waals surface area contributed by atoms with Crippen molar-refractivity contribution in [2.45, 2.75) is 19.1 Å². The standard InChI is InChI=1S/C13H17ClO4/c1-16-11-5-3-10(4-6-11)9-18-12(8-14)7-13(15)17-2/h3-6,12H,7-9H2,1-2H3/t12-/m1/s1. The second-order valence-corrected chi connectivity index (χ2v) is 4.02.